The molecule has 0 aromatic heterocycles. The van der Waals surface area contributed by atoms with Crippen molar-refractivity contribution in [2.24, 2.45) is 0 Å². The lowest BCUT2D eigenvalue weighted by Crippen LogP contribution is -2.16. The molecule has 1 aromatic rings. The average molecular weight is 404 g/mol. The summed E-state index contributed by atoms with van der Waals surface area (Å²) in [6.45, 7) is 3.68. The molecule has 0 saturated carbocycles. The summed E-state index contributed by atoms with van der Waals surface area (Å²) in [6, 6.07) is 7.65. The lowest BCUT2D eigenvalue weighted by molar-refractivity contribution is -0.116. The molecule has 29 heavy (non-hydrogen) atoms. The van der Waals surface area contributed by atoms with E-state index in [1.165, 1.54) is 57.8 Å². The van der Waals surface area contributed by atoms with E-state index in [1.54, 1.807) is 0 Å². The highest BCUT2D eigenvalue weighted by molar-refractivity contribution is 5.90. The van der Waals surface area contributed by atoms with Crippen molar-refractivity contribution in [1.82, 2.24) is 0 Å². The highest BCUT2D eigenvalue weighted by Crippen LogP contribution is 2.20. The van der Waals surface area contributed by atoms with Gasteiger partial charge in [0.25, 0.3) is 0 Å². The molecular weight excluding hydrogens is 362 g/mol. The number of ether oxygens (including phenoxy) is 2. The van der Waals surface area contributed by atoms with Crippen molar-refractivity contribution in [3.05, 3.63) is 24.3 Å². The quantitative estimate of drug-likeness (QED) is 0.306. The molecule has 1 saturated heterocycles. The van der Waals surface area contributed by atoms with Crippen molar-refractivity contribution in [2.75, 3.05) is 18.5 Å². The number of anilines is 1. The summed E-state index contributed by atoms with van der Waals surface area (Å²) in [5.41, 5.74) is 0.808. The third kappa shape index (κ3) is 11.3. The average Bonchev–Trinajstić information content (AvgIpc) is 3.24. The van der Waals surface area contributed by atoms with E-state index in [9.17, 15) is 4.79 Å². The maximum Gasteiger partial charge on any atom is 0.224 e. The zero-order valence-corrected chi connectivity index (χ0v) is 18.4. The first-order valence-corrected chi connectivity index (χ1v) is 11.9. The largest absolute Gasteiger partial charge is 0.491 e. The summed E-state index contributed by atoms with van der Waals surface area (Å²) < 4.78 is 11.4. The van der Waals surface area contributed by atoms with Gasteiger partial charge in [-0.3, -0.25) is 4.79 Å². The Labute approximate surface area is 177 Å². The minimum atomic E-state index is 0.0946. The number of carbonyl (C=O) groups excluding carboxylic acids is 1. The molecule has 1 aliphatic rings. The van der Waals surface area contributed by atoms with Crippen LogP contribution in [0.5, 0.6) is 5.75 Å². The molecule has 1 aromatic carbocycles. The number of hydrogen-bond acceptors (Lipinski definition) is 3. The number of hydrogen-bond donors (Lipinski definition) is 1. The Bertz CT molecular complexity index is 555. The molecule has 0 aliphatic carbocycles. The Morgan fingerprint density at radius 2 is 1.72 bits per heavy atom. The van der Waals surface area contributed by atoms with Crippen molar-refractivity contribution >= 4 is 11.6 Å². The number of rotatable bonds is 16. The summed E-state index contributed by atoms with van der Waals surface area (Å²) in [7, 11) is 0. The van der Waals surface area contributed by atoms with E-state index in [0.717, 1.165) is 43.7 Å². The van der Waals surface area contributed by atoms with Crippen LogP contribution in [0.2, 0.25) is 0 Å². The molecule has 1 aliphatic heterocycles. The van der Waals surface area contributed by atoms with Crippen molar-refractivity contribution in [3.63, 3.8) is 0 Å². The smallest absolute Gasteiger partial charge is 0.224 e. The van der Waals surface area contributed by atoms with E-state index in [4.69, 9.17) is 9.47 Å². The first kappa shape index (κ1) is 23.7. The molecule has 1 unspecified atom stereocenters. The van der Waals surface area contributed by atoms with Gasteiger partial charge in [-0.15, -0.1) is 0 Å². The van der Waals surface area contributed by atoms with Gasteiger partial charge in [0.1, 0.15) is 12.4 Å². The zero-order valence-electron chi connectivity index (χ0n) is 18.4. The molecule has 1 amide bonds. The Morgan fingerprint density at radius 1 is 1.03 bits per heavy atom. The number of amides is 1. The van der Waals surface area contributed by atoms with E-state index < -0.39 is 0 Å². The van der Waals surface area contributed by atoms with E-state index >= 15 is 0 Å². The van der Waals surface area contributed by atoms with Crippen LogP contribution in [-0.4, -0.2) is 25.2 Å². The molecule has 4 heteroatoms. The van der Waals surface area contributed by atoms with Gasteiger partial charge in [0.2, 0.25) is 5.91 Å². The third-order valence-corrected chi connectivity index (χ3v) is 5.59. The summed E-state index contributed by atoms with van der Waals surface area (Å²) in [5.74, 6) is 0.880. The molecule has 2 rings (SSSR count). The van der Waals surface area contributed by atoms with Crippen molar-refractivity contribution in [3.8, 4) is 5.75 Å². The van der Waals surface area contributed by atoms with E-state index in [0.29, 0.717) is 13.0 Å². The molecule has 1 heterocycles. The summed E-state index contributed by atoms with van der Waals surface area (Å²) in [5, 5.41) is 3.00. The molecule has 0 spiro atoms. The minimum absolute atomic E-state index is 0.0946. The SMILES string of the molecule is CCCCCCCCCCCCCC(=O)Nc1cccc(OCC2CCCO2)c1. The maximum absolute atomic E-state index is 12.2. The lowest BCUT2D eigenvalue weighted by atomic mass is 10.1. The summed E-state index contributed by atoms with van der Waals surface area (Å²) in [6.07, 6.45) is 17.2. The topological polar surface area (TPSA) is 47.6 Å². The Kier molecular flexibility index (Phi) is 12.5. The predicted octanol–water partition coefficient (Wildman–Crippen LogP) is 6.88. The molecule has 164 valence electrons. The van der Waals surface area contributed by atoms with Gasteiger partial charge in [-0.25, -0.2) is 0 Å². The highest BCUT2D eigenvalue weighted by Gasteiger charge is 2.16. The van der Waals surface area contributed by atoms with Crippen LogP contribution in [0.3, 0.4) is 0 Å². The standard InChI is InChI=1S/C25H41NO3/c1-2-3-4-5-6-7-8-9-10-11-12-18-25(27)26-22-15-13-16-23(20-22)29-21-24-17-14-19-28-24/h13,15-16,20,24H,2-12,14,17-19,21H2,1H3,(H,26,27). The second-order valence-corrected chi connectivity index (χ2v) is 8.31. The van der Waals surface area contributed by atoms with E-state index in [2.05, 4.69) is 12.2 Å². The van der Waals surface area contributed by atoms with Gasteiger partial charge in [-0.1, -0.05) is 77.2 Å². The normalized spacial score (nSPS) is 16.1. The van der Waals surface area contributed by atoms with Gasteiger partial charge in [-0.2, -0.15) is 0 Å². The second-order valence-electron chi connectivity index (χ2n) is 8.31. The van der Waals surface area contributed by atoms with Crippen LogP contribution in [0.15, 0.2) is 24.3 Å². The van der Waals surface area contributed by atoms with Crippen LogP contribution in [-0.2, 0) is 9.53 Å². The Morgan fingerprint density at radius 3 is 2.38 bits per heavy atom. The number of nitrogens with one attached hydrogen (secondary N) is 1. The van der Waals surface area contributed by atoms with E-state index in [-0.39, 0.29) is 12.0 Å². The molecule has 1 fully saturated rings. The monoisotopic (exact) mass is 403 g/mol. The Balaban J connectivity index is 1.49. The van der Waals surface area contributed by atoms with Crippen LogP contribution >= 0.6 is 0 Å². The first-order valence-electron chi connectivity index (χ1n) is 11.9. The fraction of sp³-hybridized carbons (Fsp3) is 0.720. The van der Waals surface area contributed by atoms with Crippen LogP contribution in [0, 0.1) is 0 Å². The van der Waals surface area contributed by atoms with Gasteiger partial charge in [-0.05, 0) is 31.4 Å². The minimum Gasteiger partial charge on any atom is -0.491 e. The summed E-state index contributed by atoms with van der Waals surface area (Å²) >= 11 is 0. The van der Waals surface area contributed by atoms with Crippen molar-refractivity contribution in [2.45, 2.75) is 103 Å². The van der Waals surface area contributed by atoms with Gasteiger partial charge in [0, 0.05) is 24.8 Å². The van der Waals surface area contributed by atoms with Gasteiger partial charge >= 0.3 is 0 Å². The fourth-order valence-electron chi connectivity index (χ4n) is 3.80. The first-order chi connectivity index (χ1) is 14.3. The molecule has 4 nitrogen and oxygen atoms in total. The lowest BCUT2D eigenvalue weighted by Gasteiger charge is -2.12. The van der Waals surface area contributed by atoms with Crippen LogP contribution in [0.1, 0.15) is 96.8 Å². The van der Waals surface area contributed by atoms with Crippen LogP contribution in [0.25, 0.3) is 0 Å². The molecule has 0 radical (unpaired) electrons. The number of unbranched alkanes of at least 4 members (excludes halogenated alkanes) is 10. The second kappa shape index (κ2) is 15.3. The van der Waals surface area contributed by atoms with Gasteiger partial charge in [0.05, 0.1) is 6.10 Å². The predicted molar refractivity (Wildman–Crippen MR) is 121 cm³/mol. The van der Waals surface area contributed by atoms with Crippen molar-refractivity contribution < 1.29 is 14.3 Å². The molecule has 1 N–H and O–H groups in total. The van der Waals surface area contributed by atoms with Crippen molar-refractivity contribution in [1.29, 1.82) is 0 Å². The number of carbonyl (C=O) groups is 1. The van der Waals surface area contributed by atoms with Crippen LogP contribution in [0.4, 0.5) is 5.69 Å². The summed E-state index contributed by atoms with van der Waals surface area (Å²) in [4.78, 5) is 12.2. The zero-order chi connectivity index (χ0) is 20.6. The Hall–Kier alpha value is -1.55. The van der Waals surface area contributed by atoms with E-state index in [1.807, 2.05) is 24.3 Å². The van der Waals surface area contributed by atoms with Crippen LogP contribution < -0.4 is 10.1 Å². The van der Waals surface area contributed by atoms with Gasteiger partial charge < -0.3 is 14.8 Å². The maximum atomic E-state index is 12.2. The third-order valence-electron chi connectivity index (χ3n) is 5.59. The number of benzene rings is 1. The highest BCUT2D eigenvalue weighted by atomic mass is 16.5. The molecular formula is C25H41NO3. The molecule has 1 atom stereocenters. The van der Waals surface area contributed by atoms with Gasteiger partial charge in [0.15, 0.2) is 0 Å². The molecule has 0 bridgehead atoms. The fourth-order valence-corrected chi connectivity index (χ4v) is 3.80.